The average molecular weight is 564 g/mol. The van der Waals surface area contributed by atoms with Crippen LogP contribution in [0.3, 0.4) is 0 Å². The van der Waals surface area contributed by atoms with Gasteiger partial charge in [-0.3, -0.25) is 33.6 Å². The number of fused-ring (bicyclic) bond motifs is 1. The van der Waals surface area contributed by atoms with E-state index in [0.29, 0.717) is 0 Å². The number of ether oxygens (including phenoxy) is 7. The molecule has 14 nitrogen and oxygen atoms in total. The molecule has 0 bridgehead atoms. The number of carbonyl (C=O) groups excluding carboxylic acids is 7. The number of hydrogen-bond acceptors (Lipinski definition) is 14. The summed E-state index contributed by atoms with van der Waals surface area (Å²) >= 11 is 0. The van der Waals surface area contributed by atoms with Crippen molar-refractivity contribution < 1.29 is 66.7 Å². The van der Waals surface area contributed by atoms with Crippen LogP contribution in [0.4, 0.5) is 0 Å². The Bertz CT molecular complexity index is 1310. The van der Waals surface area contributed by atoms with E-state index in [2.05, 4.69) is 0 Å². The molecule has 0 N–H and O–H groups in total. The van der Waals surface area contributed by atoms with E-state index in [9.17, 15) is 33.6 Å². The van der Waals surface area contributed by atoms with Gasteiger partial charge < -0.3 is 33.2 Å². The summed E-state index contributed by atoms with van der Waals surface area (Å²) in [6.45, 7) is 7.17. The number of rotatable bonds is 7. The lowest BCUT2D eigenvalue weighted by Crippen LogP contribution is -2.66. The van der Waals surface area contributed by atoms with E-state index in [1.807, 2.05) is 0 Å². The van der Waals surface area contributed by atoms with E-state index < -0.39 is 84.3 Å². The van der Waals surface area contributed by atoms with Crippen molar-refractivity contribution in [1.82, 2.24) is 0 Å². The molecule has 1 aromatic rings. The molecule has 1 saturated heterocycles. The maximum absolute atomic E-state index is 12.9. The number of esters is 5. The molecular formula is C26H28O14. The van der Waals surface area contributed by atoms with Crippen LogP contribution in [0.5, 0.6) is 17.2 Å². The molecular weight excluding hydrogens is 536 g/mol. The van der Waals surface area contributed by atoms with E-state index >= 15 is 0 Å². The van der Waals surface area contributed by atoms with Crippen LogP contribution in [-0.4, -0.2) is 72.1 Å². The van der Waals surface area contributed by atoms with Crippen LogP contribution in [-0.2, 0) is 49.3 Å². The SMILES string of the molecule is CC(=O)Oc1c2c(c(C(C)=O)c(OC(C)=O)c1C(C)=O)O[C@]1(C2)OC[C@@H](OC(C)=O)[C@@H](OC(C)=O)[C@H]1OC(C)=O. The molecule has 0 saturated carbocycles. The molecule has 0 amide bonds. The molecule has 2 aliphatic rings. The van der Waals surface area contributed by atoms with Gasteiger partial charge in [-0.05, 0) is 13.8 Å². The summed E-state index contributed by atoms with van der Waals surface area (Å²) in [6, 6.07) is 0. The quantitative estimate of drug-likeness (QED) is 0.200. The summed E-state index contributed by atoms with van der Waals surface area (Å²) in [5, 5.41) is 0. The van der Waals surface area contributed by atoms with Crippen molar-refractivity contribution in [2.24, 2.45) is 0 Å². The third-order valence-electron chi connectivity index (χ3n) is 5.85. The molecule has 2 heterocycles. The predicted octanol–water partition coefficient (Wildman–Crippen LogP) is 1.40. The number of hydrogen-bond donors (Lipinski definition) is 0. The monoisotopic (exact) mass is 564 g/mol. The highest BCUT2D eigenvalue weighted by Crippen LogP contribution is 2.53. The van der Waals surface area contributed by atoms with Crippen molar-refractivity contribution >= 4 is 41.4 Å². The van der Waals surface area contributed by atoms with Crippen LogP contribution in [0.15, 0.2) is 0 Å². The molecule has 0 aliphatic carbocycles. The van der Waals surface area contributed by atoms with E-state index in [1.165, 1.54) is 0 Å². The second-order valence-corrected chi connectivity index (χ2v) is 9.17. The molecule has 1 fully saturated rings. The van der Waals surface area contributed by atoms with Gasteiger partial charge in [0.05, 0.1) is 6.61 Å². The molecule has 3 rings (SSSR count). The maximum atomic E-state index is 12.9. The lowest BCUT2D eigenvalue weighted by Gasteiger charge is -2.45. The minimum atomic E-state index is -2.03. The van der Waals surface area contributed by atoms with Gasteiger partial charge in [-0.25, -0.2) is 0 Å². The summed E-state index contributed by atoms with van der Waals surface area (Å²) in [7, 11) is 0. The Hall–Kier alpha value is -4.33. The molecule has 216 valence electrons. The molecule has 0 aromatic heterocycles. The van der Waals surface area contributed by atoms with Gasteiger partial charge >= 0.3 is 29.8 Å². The summed E-state index contributed by atoms with van der Waals surface area (Å²) in [4.78, 5) is 85.7. The van der Waals surface area contributed by atoms with Crippen LogP contribution in [0.1, 0.15) is 74.7 Å². The molecule has 1 spiro atoms. The predicted molar refractivity (Wildman–Crippen MR) is 129 cm³/mol. The van der Waals surface area contributed by atoms with Gasteiger partial charge in [0, 0.05) is 46.6 Å². The van der Waals surface area contributed by atoms with Crippen LogP contribution in [0.25, 0.3) is 0 Å². The Balaban J connectivity index is 2.33. The molecule has 40 heavy (non-hydrogen) atoms. The third-order valence-corrected chi connectivity index (χ3v) is 5.85. The van der Waals surface area contributed by atoms with Crippen molar-refractivity contribution in [3.63, 3.8) is 0 Å². The number of Topliss-reactive ketones (excluding diaryl/α,β-unsaturated/α-hetero) is 2. The van der Waals surface area contributed by atoms with Gasteiger partial charge in [0.2, 0.25) is 6.10 Å². The molecule has 2 aliphatic heterocycles. The fourth-order valence-corrected chi connectivity index (χ4v) is 4.67. The van der Waals surface area contributed by atoms with Crippen LogP contribution < -0.4 is 14.2 Å². The zero-order valence-electron chi connectivity index (χ0n) is 22.9. The number of benzene rings is 1. The summed E-state index contributed by atoms with van der Waals surface area (Å²) in [5.74, 6) is -8.77. The number of ketones is 2. The van der Waals surface area contributed by atoms with E-state index in [-0.39, 0.29) is 28.2 Å². The van der Waals surface area contributed by atoms with Crippen molar-refractivity contribution in [1.29, 1.82) is 0 Å². The maximum Gasteiger partial charge on any atom is 0.308 e. The van der Waals surface area contributed by atoms with Gasteiger partial charge in [0.25, 0.3) is 5.79 Å². The molecule has 0 radical (unpaired) electrons. The first-order valence-corrected chi connectivity index (χ1v) is 12.0. The van der Waals surface area contributed by atoms with E-state index in [4.69, 9.17) is 33.2 Å². The van der Waals surface area contributed by atoms with Crippen LogP contribution in [0.2, 0.25) is 0 Å². The van der Waals surface area contributed by atoms with Gasteiger partial charge in [-0.1, -0.05) is 0 Å². The van der Waals surface area contributed by atoms with Gasteiger partial charge in [0.1, 0.15) is 16.9 Å². The smallest absolute Gasteiger partial charge is 0.308 e. The molecule has 4 atom stereocenters. The first kappa shape index (κ1) is 30.2. The zero-order valence-corrected chi connectivity index (χ0v) is 22.9. The highest BCUT2D eigenvalue weighted by molar-refractivity contribution is 6.09. The van der Waals surface area contributed by atoms with Gasteiger partial charge in [0.15, 0.2) is 35.3 Å². The van der Waals surface area contributed by atoms with Crippen molar-refractivity contribution in [3.8, 4) is 17.2 Å². The highest BCUT2D eigenvalue weighted by Gasteiger charge is 2.62. The topological polar surface area (TPSA) is 184 Å². The van der Waals surface area contributed by atoms with Crippen molar-refractivity contribution in [3.05, 3.63) is 16.7 Å². The second-order valence-electron chi connectivity index (χ2n) is 9.17. The highest BCUT2D eigenvalue weighted by atomic mass is 16.7. The Kier molecular flexibility index (Phi) is 8.63. The van der Waals surface area contributed by atoms with E-state index in [1.54, 1.807) is 0 Å². The Morgan fingerprint density at radius 3 is 1.68 bits per heavy atom. The summed E-state index contributed by atoms with van der Waals surface area (Å²) in [5.41, 5.74) is -0.755. The largest absolute Gasteiger partial charge is 0.456 e. The molecule has 1 aromatic carbocycles. The second kappa shape index (κ2) is 11.4. The molecule has 0 unspecified atom stereocenters. The third kappa shape index (κ3) is 5.96. The first-order valence-electron chi connectivity index (χ1n) is 12.0. The van der Waals surface area contributed by atoms with Crippen molar-refractivity contribution in [2.45, 2.75) is 79.0 Å². The van der Waals surface area contributed by atoms with Crippen molar-refractivity contribution in [2.75, 3.05) is 6.61 Å². The van der Waals surface area contributed by atoms with Crippen LogP contribution >= 0.6 is 0 Å². The Morgan fingerprint density at radius 1 is 0.675 bits per heavy atom. The number of carbonyl (C=O) groups is 7. The minimum Gasteiger partial charge on any atom is -0.456 e. The fourth-order valence-electron chi connectivity index (χ4n) is 4.67. The fraction of sp³-hybridized carbons (Fsp3) is 0.500. The van der Waals surface area contributed by atoms with Gasteiger partial charge in [-0.15, -0.1) is 0 Å². The molecule has 14 heteroatoms. The van der Waals surface area contributed by atoms with Crippen LogP contribution in [0, 0.1) is 0 Å². The lowest BCUT2D eigenvalue weighted by molar-refractivity contribution is -0.307. The summed E-state index contributed by atoms with van der Waals surface area (Å²) in [6.07, 6.45) is -4.67. The standard InChI is InChI=1S/C26H28O14/c1-10(27)19-21(36-13(4)30)17-8-26(40-22(17)20(11(2)28)24(19)38-15(6)32)25(39-16(7)33)23(37-14(5)31)18(9-34-26)35-12(3)29/h18,23,25H,8-9H2,1-7H3/t18-,23-,25-,26+/m1/s1. The normalized spacial score (nSPS) is 22.8. The average Bonchev–Trinajstić information content (AvgIpc) is 3.16. The zero-order chi connectivity index (χ0) is 30.1. The Morgan fingerprint density at radius 2 is 1.20 bits per heavy atom. The van der Waals surface area contributed by atoms with E-state index in [0.717, 1.165) is 48.5 Å². The van der Waals surface area contributed by atoms with Gasteiger partial charge in [-0.2, -0.15) is 0 Å². The lowest BCUT2D eigenvalue weighted by atomic mass is 9.90. The summed E-state index contributed by atoms with van der Waals surface area (Å²) < 4.78 is 38.8. The Labute approximate surface area is 228 Å². The minimum absolute atomic E-state index is 0.0221. The first-order chi connectivity index (χ1) is 18.6.